The first-order valence-electron chi connectivity index (χ1n) is 6.02. The van der Waals surface area contributed by atoms with Gasteiger partial charge in [-0.3, -0.25) is 0 Å². The Bertz CT molecular complexity index is 822. The molecular formula is C16H10N2O2. The molecule has 0 aliphatic heterocycles. The quantitative estimate of drug-likeness (QED) is 0.766. The number of ether oxygens (including phenoxy) is 1. The zero-order valence-electron chi connectivity index (χ0n) is 10.4. The molecule has 0 radical (unpaired) electrons. The van der Waals surface area contributed by atoms with Crippen LogP contribution in [0.2, 0.25) is 0 Å². The van der Waals surface area contributed by atoms with Gasteiger partial charge in [-0.05, 0) is 29.0 Å². The van der Waals surface area contributed by atoms with E-state index in [1.807, 2.05) is 30.3 Å². The lowest BCUT2D eigenvalue weighted by molar-refractivity contribution is 0.412. The van der Waals surface area contributed by atoms with Crippen LogP contribution in [0.15, 0.2) is 54.7 Å². The highest BCUT2D eigenvalue weighted by Gasteiger charge is 2.07. The molecule has 0 atom stereocenters. The Labute approximate surface area is 115 Å². The van der Waals surface area contributed by atoms with E-state index in [0.29, 0.717) is 11.5 Å². The maximum absolute atomic E-state index is 9.99. The third-order valence-corrected chi connectivity index (χ3v) is 2.90. The molecule has 0 saturated heterocycles. The van der Waals surface area contributed by atoms with E-state index in [2.05, 4.69) is 4.98 Å². The van der Waals surface area contributed by atoms with Gasteiger partial charge in [0.25, 0.3) is 0 Å². The van der Waals surface area contributed by atoms with Crippen molar-refractivity contribution in [1.82, 2.24) is 4.98 Å². The van der Waals surface area contributed by atoms with E-state index in [1.54, 1.807) is 18.2 Å². The summed E-state index contributed by atoms with van der Waals surface area (Å²) in [6, 6.07) is 16.2. The first-order chi connectivity index (χ1) is 9.76. The van der Waals surface area contributed by atoms with Gasteiger partial charge in [0.05, 0.1) is 0 Å². The summed E-state index contributed by atoms with van der Waals surface area (Å²) < 4.78 is 5.62. The minimum absolute atomic E-state index is 0.0546. The van der Waals surface area contributed by atoms with Crippen LogP contribution in [0.1, 0.15) is 5.69 Å². The van der Waals surface area contributed by atoms with Gasteiger partial charge in [0.15, 0.2) is 11.5 Å². The molecule has 4 nitrogen and oxygen atoms in total. The summed E-state index contributed by atoms with van der Waals surface area (Å²) in [6.07, 6.45) is 1.49. The molecule has 96 valence electrons. The lowest BCUT2D eigenvalue weighted by atomic mass is 10.1. The fourth-order valence-corrected chi connectivity index (χ4v) is 1.95. The van der Waals surface area contributed by atoms with Crippen LogP contribution in [0.4, 0.5) is 0 Å². The molecule has 1 aromatic heterocycles. The number of hydrogen-bond acceptors (Lipinski definition) is 4. The van der Waals surface area contributed by atoms with Gasteiger partial charge in [0, 0.05) is 12.3 Å². The molecule has 0 amide bonds. The summed E-state index contributed by atoms with van der Waals surface area (Å²) in [5.74, 6) is 0.861. The van der Waals surface area contributed by atoms with Gasteiger partial charge in [0.1, 0.15) is 17.5 Å². The Morgan fingerprint density at radius 1 is 1.05 bits per heavy atom. The zero-order chi connectivity index (χ0) is 13.9. The SMILES string of the molecule is N#Cc1cc(Oc2cc3ccccc3cc2O)ccn1. The van der Waals surface area contributed by atoms with E-state index in [1.165, 1.54) is 12.3 Å². The summed E-state index contributed by atoms with van der Waals surface area (Å²) in [7, 11) is 0. The van der Waals surface area contributed by atoms with E-state index in [9.17, 15) is 5.11 Å². The number of fused-ring (bicyclic) bond motifs is 1. The molecule has 3 rings (SSSR count). The molecule has 0 fully saturated rings. The average molecular weight is 262 g/mol. The number of pyridine rings is 1. The monoisotopic (exact) mass is 262 g/mol. The summed E-state index contributed by atoms with van der Waals surface area (Å²) in [5, 5.41) is 20.7. The lowest BCUT2D eigenvalue weighted by Crippen LogP contribution is -1.88. The van der Waals surface area contributed by atoms with Crippen molar-refractivity contribution in [3.8, 4) is 23.3 Å². The van der Waals surface area contributed by atoms with Gasteiger partial charge in [-0.15, -0.1) is 0 Å². The Balaban J connectivity index is 2.01. The van der Waals surface area contributed by atoms with Crippen LogP contribution in [0, 0.1) is 11.3 Å². The summed E-state index contributed by atoms with van der Waals surface area (Å²) >= 11 is 0. The van der Waals surface area contributed by atoms with Crippen molar-refractivity contribution in [2.24, 2.45) is 0 Å². The van der Waals surface area contributed by atoms with Crippen LogP contribution in [-0.2, 0) is 0 Å². The van der Waals surface area contributed by atoms with Crippen molar-refractivity contribution >= 4 is 10.8 Å². The van der Waals surface area contributed by atoms with E-state index < -0.39 is 0 Å². The number of rotatable bonds is 2. The normalized spacial score (nSPS) is 10.2. The summed E-state index contributed by atoms with van der Waals surface area (Å²) in [4.78, 5) is 3.87. The highest BCUT2D eigenvalue weighted by molar-refractivity contribution is 5.86. The lowest BCUT2D eigenvalue weighted by Gasteiger charge is -2.09. The van der Waals surface area contributed by atoms with Crippen molar-refractivity contribution in [2.75, 3.05) is 0 Å². The average Bonchev–Trinajstić information content (AvgIpc) is 2.48. The molecule has 1 heterocycles. The van der Waals surface area contributed by atoms with E-state index in [4.69, 9.17) is 10.00 Å². The number of nitrogens with zero attached hydrogens (tertiary/aromatic N) is 2. The number of phenolic OH excluding ortho intramolecular Hbond substituents is 1. The standard InChI is InChI=1S/C16H10N2O2/c17-10-13-9-14(5-6-18-13)20-16-8-12-4-2-1-3-11(12)7-15(16)19/h1-9,19H. The fourth-order valence-electron chi connectivity index (χ4n) is 1.95. The van der Waals surface area contributed by atoms with Crippen LogP contribution in [-0.4, -0.2) is 10.1 Å². The second-order valence-electron chi connectivity index (χ2n) is 4.26. The van der Waals surface area contributed by atoms with Crippen molar-refractivity contribution in [3.05, 3.63) is 60.4 Å². The van der Waals surface area contributed by atoms with Crippen molar-refractivity contribution in [2.45, 2.75) is 0 Å². The maximum Gasteiger partial charge on any atom is 0.169 e. The number of aromatic hydroxyl groups is 1. The van der Waals surface area contributed by atoms with E-state index in [-0.39, 0.29) is 11.4 Å². The Morgan fingerprint density at radius 3 is 2.55 bits per heavy atom. The maximum atomic E-state index is 9.99. The van der Waals surface area contributed by atoms with Crippen molar-refractivity contribution < 1.29 is 9.84 Å². The summed E-state index contributed by atoms with van der Waals surface area (Å²) in [6.45, 7) is 0. The van der Waals surface area contributed by atoms with Crippen LogP contribution in [0.25, 0.3) is 10.8 Å². The molecule has 0 aliphatic rings. The molecule has 0 unspecified atom stereocenters. The first kappa shape index (κ1) is 12.0. The molecule has 0 saturated carbocycles. The highest BCUT2D eigenvalue weighted by atomic mass is 16.5. The van der Waals surface area contributed by atoms with Gasteiger partial charge in [0.2, 0.25) is 0 Å². The molecule has 0 spiro atoms. The fraction of sp³-hybridized carbons (Fsp3) is 0. The molecule has 0 aliphatic carbocycles. The predicted octanol–water partition coefficient (Wildman–Crippen LogP) is 3.60. The van der Waals surface area contributed by atoms with Crippen molar-refractivity contribution in [1.29, 1.82) is 5.26 Å². The largest absolute Gasteiger partial charge is 0.504 e. The van der Waals surface area contributed by atoms with Crippen LogP contribution in [0.5, 0.6) is 17.2 Å². The highest BCUT2D eigenvalue weighted by Crippen LogP contribution is 2.34. The molecule has 0 bridgehead atoms. The minimum atomic E-state index is 0.0546. The van der Waals surface area contributed by atoms with Gasteiger partial charge >= 0.3 is 0 Å². The zero-order valence-corrected chi connectivity index (χ0v) is 10.4. The molecule has 1 N–H and O–H groups in total. The number of phenols is 1. The van der Waals surface area contributed by atoms with Gasteiger partial charge in [-0.2, -0.15) is 5.26 Å². The van der Waals surface area contributed by atoms with E-state index in [0.717, 1.165) is 10.8 Å². The van der Waals surface area contributed by atoms with Crippen LogP contribution >= 0.6 is 0 Å². The molecule has 4 heteroatoms. The van der Waals surface area contributed by atoms with Gasteiger partial charge in [-0.1, -0.05) is 24.3 Å². The van der Waals surface area contributed by atoms with Crippen molar-refractivity contribution in [3.63, 3.8) is 0 Å². The molecule has 3 aromatic rings. The number of hydrogen-bond donors (Lipinski definition) is 1. The number of aromatic nitrogens is 1. The van der Waals surface area contributed by atoms with Gasteiger partial charge in [-0.25, -0.2) is 4.98 Å². The summed E-state index contributed by atoms with van der Waals surface area (Å²) in [5.41, 5.74) is 0.266. The minimum Gasteiger partial charge on any atom is -0.504 e. The Hall–Kier alpha value is -3.06. The third kappa shape index (κ3) is 2.25. The van der Waals surface area contributed by atoms with Crippen LogP contribution in [0.3, 0.4) is 0 Å². The Kier molecular flexibility index (Phi) is 2.94. The smallest absolute Gasteiger partial charge is 0.169 e. The van der Waals surface area contributed by atoms with Gasteiger partial charge < -0.3 is 9.84 Å². The predicted molar refractivity (Wildman–Crippen MR) is 74.6 cm³/mol. The second kappa shape index (κ2) is 4.90. The number of nitriles is 1. The Morgan fingerprint density at radius 2 is 1.80 bits per heavy atom. The molecular weight excluding hydrogens is 252 g/mol. The second-order valence-corrected chi connectivity index (χ2v) is 4.26. The number of benzene rings is 2. The molecule has 2 aromatic carbocycles. The topological polar surface area (TPSA) is 66.1 Å². The van der Waals surface area contributed by atoms with Crippen LogP contribution < -0.4 is 4.74 Å². The first-order valence-corrected chi connectivity index (χ1v) is 6.02. The van der Waals surface area contributed by atoms with E-state index >= 15 is 0 Å². The third-order valence-electron chi connectivity index (χ3n) is 2.90. The molecule has 20 heavy (non-hydrogen) atoms.